The van der Waals surface area contributed by atoms with Gasteiger partial charge < -0.3 is 10.4 Å². The first kappa shape index (κ1) is 14.7. The molecule has 5 nitrogen and oxygen atoms in total. The highest BCUT2D eigenvalue weighted by Gasteiger charge is 2.22. The Morgan fingerprint density at radius 3 is 2.63 bits per heavy atom. The molecule has 0 saturated carbocycles. The number of hydrogen-bond acceptors (Lipinski definition) is 3. The topological polar surface area (TPSA) is 90.2 Å². The van der Waals surface area contributed by atoms with Crippen molar-refractivity contribution in [1.82, 2.24) is 5.32 Å². The molecule has 2 N–H and O–H groups in total. The molecule has 1 rings (SSSR count). The number of carboxylic acids is 1. The van der Waals surface area contributed by atoms with Crippen LogP contribution in [0.25, 0.3) is 0 Å². The minimum Gasteiger partial charge on any atom is -0.481 e. The predicted octanol–water partition coefficient (Wildman–Crippen LogP) is 1.64. The van der Waals surface area contributed by atoms with Crippen LogP contribution >= 0.6 is 0 Å². The molecule has 0 aromatic heterocycles. The second-order valence-electron chi connectivity index (χ2n) is 4.59. The van der Waals surface area contributed by atoms with Crippen molar-refractivity contribution in [2.75, 3.05) is 6.54 Å². The third-order valence-electron chi connectivity index (χ3n) is 2.86. The Labute approximate surface area is 111 Å². The Balaban J connectivity index is 2.69. The third-order valence-corrected chi connectivity index (χ3v) is 2.86. The minimum absolute atomic E-state index is 0.0664. The number of amides is 1. The molecule has 0 fully saturated rings. The summed E-state index contributed by atoms with van der Waals surface area (Å²) in [6.07, 6.45) is 0. The van der Waals surface area contributed by atoms with Crippen molar-refractivity contribution < 1.29 is 14.7 Å². The maximum Gasteiger partial charge on any atom is 0.308 e. The second-order valence-corrected chi connectivity index (χ2v) is 4.59. The van der Waals surface area contributed by atoms with Gasteiger partial charge in [-0.3, -0.25) is 9.59 Å². The lowest BCUT2D eigenvalue weighted by Gasteiger charge is -2.16. The molecule has 1 amide bonds. The van der Waals surface area contributed by atoms with Crippen molar-refractivity contribution >= 4 is 11.9 Å². The van der Waals surface area contributed by atoms with Gasteiger partial charge in [-0.05, 0) is 24.1 Å². The van der Waals surface area contributed by atoms with Gasteiger partial charge in [0.1, 0.15) is 0 Å². The molecule has 1 atom stereocenters. The number of aliphatic carboxylic acids is 1. The first-order valence-electron chi connectivity index (χ1n) is 5.97. The van der Waals surface area contributed by atoms with Crippen molar-refractivity contribution in [2.24, 2.45) is 11.8 Å². The van der Waals surface area contributed by atoms with Crippen LogP contribution in [0.2, 0.25) is 0 Å². The molecule has 0 heterocycles. The predicted molar refractivity (Wildman–Crippen MR) is 69.5 cm³/mol. The quantitative estimate of drug-likeness (QED) is 0.842. The monoisotopic (exact) mass is 260 g/mol. The maximum atomic E-state index is 11.8. The van der Waals surface area contributed by atoms with E-state index in [0.717, 1.165) is 0 Å². The van der Waals surface area contributed by atoms with E-state index < -0.39 is 11.9 Å². The number of carbonyl (C=O) groups excluding carboxylic acids is 1. The van der Waals surface area contributed by atoms with Gasteiger partial charge in [-0.15, -0.1) is 0 Å². The summed E-state index contributed by atoms with van der Waals surface area (Å²) in [7, 11) is 0. The van der Waals surface area contributed by atoms with Crippen molar-refractivity contribution in [1.29, 1.82) is 5.26 Å². The zero-order valence-corrected chi connectivity index (χ0v) is 10.9. The molecule has 19 heavy (non-hydrogen) atoms. The highest BCUT2D eigenvalue weighted by atomic mass is 16.4. The van der Waals surface area contributed by atoms with Gasteiger partial charge in [0.05, 0.1) is 17.6 Å². The molecule has 0 spiro atoms. The third kappa shape index (κ3) is 4.11. The van der Waals surface area contributed by atoms with Crippen LogP contribution in [0.15, 0.2) is 24.3 Å². The summed E-state index contributed by atoms with van der Waals surface area (Å²) < 4.78 is 0. The van der Waals surface area contributed by atoms with Crippen LogP contribution in [-0.2, 0) is 4.79 Å². The summed E-state index contributed by atoms with van der Waals surface area (Å²) in [6, 6.07) is 8.22. The van der Waals surface area contributed by atoms with Gasteiger partial charge in [0.15, 0.2) is 0 Å². The first-order chi connectivity index (χ1) is 8.95. The average molecular weight is 260 g/mol. The van der Waals surface area contributed by atoms with E-state index in [1.807, 2.05) is 6.07 Å². The van der Waals surface area contributed by atoms with Crippen LogP contribution in [-0.4, -0.2) is 23.5 Å². The van der Waals surface area contributed by atoms with E-state index in [-0.39, 0.29) is 18.4 Å². The molecule has 1 aromatic carbocycles. The van der Waals surface area contributed by atoms with Crippen molar-refractivity contribution in [3.63, 3.8) is 0 Å². The van der Waals surface area contributed by atoms with Gasteiger partial charge in [0.2, 0.25) is 0 Å². The largest absolute Gasteiger partial charge is 0.481 e. The summed E-state index contributed by atoms with van der Waals surface area (Å²) in [5.41, 5.74) is 0.748. The SMILES string of the molecule is CC(C)C(CNC(=O)c1cccc(C#N)c1)C(=O)O. The lowest BCUT2D eigenvalue weighted by Crippen LogP contribution is -2.35. The molecular weight excluding hydrogens is 244 g/mol. The number of carbonyl (C=O) groups is 2. The molecule has 0 bridgehead atoms. The van der Waals surface area contributed by atoms with E-state index in [9.17, 15) is 9.59 Å². The normalized spacial score (nSPS) is 11.7. The van der Waals surface area contributed by atoms with Gasteiger partial charge in [-0.2, -0.15) is 5.26 Å². The molecule has 0 aliphatic carbocycles. The van der Waals surface area contributed by atoms with E-state index in [1.54, 1.807) is 32.0 Å². The fourth-order valence-electron chi connectivity index (χ4n) is 1.64. The summed E-state index contributed by atoms with van der Waals surface area (Å²) >= 11 is 0. The van der Waals surface area contributed by atoms with E-state index >= 15 is 0 Å². The van der Waals surface area contributed by atoms with Crippen molar-refractivity contribution in [3.8, 4) is 6.07 Å². The maximum absolute atomic E-state index is 11.8. The van der Waals surface area contributed by atoms with Gasteiger partial charge in [0, 0.05) is 12.1 Å². The number of nitriles is 1. The molecule has 5 heteroatoms. The second kappa shape index (κ2) is 6.55. The highest BCUT2D eigenvalue weighted by Crippen LogP contribution is 2.10. The molecular formula is C14H16N2O3. The van der Waals surface area contributed by atoms with Crippen LogP contribution in [0.5, 0.6) is 0 Å². The summed E-state index contributed by atoms with van der Waals surface area (Å²) in [5, 5.41) is 20.3. The summed E-state index contributed by atoms with van der Waals surface area (Å²) in [6.45, 7) is 3.66. The van der Waals surface area contributed by atoms with E-state index in [0.29, 0.717) is 11.1 Å². The molecule has 0 aliphatic rings. The smallest absolute Gasteiger partial charge is 0.308 e. The van der Waals surface area contributed by atoms with Crippen LogP contribution in [0.1, 0.15) is 29.8 Å². The molecule has 0 radical (unpaired) electrons. The van der Waals surface area contributed by atoms with Gasteiger partial charge >= 0.3 is 5.97 Å². The Morgan fingerprint density at radius 2 is 2.11 bits per heavy atom. The van der Waals surface area contributed by atoms with Crippen molar-refractivity contribution in [2.45, 2.75) is 13.8 Å². The number of nitrogens with zero attached hydrogens (tertiary/aromatic N) is 1. The summed E-state index contributed by atoms with van der Waals surface area (Å²) in [4.78, 5) is 22.8. The van der Waals surface area contributed by atoms with Crippen LogP contribution in [0.4, 0.5) is 0 Å². The van der Waals surface area contributed by atoms with Crippen LogP contribution < -0.4 is 5.32 Å². The number of rotatable bonds is 5. The summed E-state index contributed by atoms with van der Waals surface area (Å²) in [5.74, 6) is -1.99. The lowest BCUT2D eigenvalue weighted by atomic mass is 9.96. The molecule has 0 saturated heterocycles. The number of nitrogens with one attached hydrogen (secondary N) is 1. The number of carboxylic acid groups (broad SMARTS) is 1. The fraction of sp³-hybridized carbons (Fsp3) is 0.357. The van der Waals surface area contributed by atoms with E-state index in [4.69, 9.17) is 10.4 Å². The van der Waals surface area contributed by atoms with Crippen LogP contribution in [0.3, 0.4) is 0 Å². The minimum atomic E-state index is -0.930. The zero-order valence-electron chi connectivity index (χ0n) is 10.9. The average Bonchev–Trinajstić information content (AvgIpc) is 2.38. The highest BCUT2D eigenvalue weighted by molar-refractivity contribution is 5.94. The molecule has 1 aromatic rings. The van der Waals surface area contributed by atoms with E-state index in [1.165, 1.54) is 6.07 Å². The molecule has 0 aliphatic heterocycles. The Kier molecular flexibility index (Phi) is 5.07. The Hall–Kier alpha value is -2.35. The van der Waals surface area contributed by atoms with Crippen molar-refractivity contribution in [3.05, 3.63) is 35.4 Å². The molecule has 100 valence electrons. The van der Waals surface area contributed by atoms with Gasteiger partial charge in [-0.25, -0.2) is 0 Å². The Bertz CT molecular complexity index is 518. The number of hydrogen-bond donors (Lipinski definition) is 2. The fourth-order valence-corrected chi connectivity index (χ4v) is 1.64. The van der Waals surface area contributed by atoms with Gasteiger partial charge in [-0.1, -0.05) is 19.9 Å². The standard InChI is InChI=1S/C14H16N2O3/c1-9(2)12(14(18)19)8-16-13(17)11-5-3-4-10(6-11)7-15/h3-6,9,12H,8H2,1-2H3,(H,16,17)(H,18,19). The lowest BCUT2D eigenvalue weighted by molar-refractivity contribution is -0.142. The first-order valence-corrected chi connectivity index (χ1v) is 5.97. The number of benzene rings is 1. The molecule has 1 unspecified atom stereocenters. The van der Waals surface area contributed by atoms with Crippen LogP contribution in [0, 0.1) is 23.2 Å². The van der Waals surface area contributed by atoms with E-state index in [2.05, 4.69) is 5.32 Å². The Morgan fingerprint density at radius 1 is 1.42 bits per heavy atom. The zero-order chi connectivity index (χ0) is 14.4. The van der Waals surface area contributed by atoms with Gasteiger partial charge in [0.25, 0.3) is 5.91 Å².